The molecule has 2 N–H and O–H groups in total. The van der Waals surface area contributed by atoms with Gasteiger partial charge in [-0.15, -0.1) is 0 Å². The molecule has 0 amide bonds. The fraction of sp³-hybridized carbons (Fsp3) is 0.538. The number of hydrogen-bond acceptors (Lipinski definition) is 3. The summed E-state index contributed by atoms with van der Waals surface area (Å²) in [5, 5.41) is 13.6. The molecule has 2 rings (SSSR count). The van der Waals surface area contributed by atoms with Gasteiger partial charge in [0.05, 0.1) is 6.10 Å². The summed E-state index contributed by atoms with van der Waals surface area (Å²) in [7, 11) is 0. The molecule has 2 unspecified atom stereocenters. The number of nitrogens with one attached hydrogen (secondary N) is 1. The average Bonchev–Trinajstić information content (AvgIpc) is 2.60. The van der Waals surface area contributed by atoms with Gasteiger partial charge in [0.25, 0.3) is 0 Å². The third-order valence-electron chi connectivity index (χ3n) is 3.31. The van der Waals surface area contributed by atoms with E-state index < -0.39 is 5.60 Å². The van der Waals surface area contributed by atoms with E-state index >= 15 is 0 Å². The first-order valence-corrected chi connectivity index (χ1v) is 6.69. The van der Waals surface area contributed by atoms with E-state index in [9.17, 15) is 5.11 Å². The highest BCUT2D eigenvalue weighted by Gasteiger charge is 2.38. The van der Waals surface area contributed by atoms with Gasteiger partial charge < -0.3 is 15.2 Å². The molecule has 1 fully saturated rings. The van der Waals surface area contributed by atoms with Gasteiger partial charge in [0.1, 0.15) is 5.60 Å². The van der Waals surface area contributed by atoms with Gasteiger partial charge in [-0.3, -0.25) is 0 Å². The molecule has 17 heavy (non-hydrogen) atoms. The third-order valence-corrected chi connectivity index (χ3v) is 3.80. The minimum atomic E-state index is -0.716. The van der Waals surface area contributed by atoms with Crippen LogP contribution in [0.5, 0.6) is 0 Å². The highest BCUT2D eigenvalue weighted by molar-refractivity contribution is 9.10. The predicted molar refractivity (Wildman–Crippen MR) is 70.8 cm³/mol. The molecule has 0 radical (unpaired) electrons. The molecule has 1 aliphatic heterocycles. The highest BCUT2D eigenvalue weighted by Crippen LogP contribution is 2.24. The Hall–Kier alpha value is -0.420. The van der Waals surface area contributed by atoms with Crippen molar-refractivity contribution in [1.82, 2.24) is 5.32 Å². The number of hydrogen-bond donors (Lipinski definition) is 2. The minimum absolute atomic E-state index is 0.0856. The Labute approximate surface area is 110 Å². The molecule has 0 bridgehead atoms. The van der Waals surface area contributed by atoms with Gasteiger partial charge >= 0.3 is 0 Å². The fourth-order valence-electron chi connectivity index (χ4n) is 2.07. The lowest BCUT2D eigenvalue weighted by Crippen LogP contribution is -2.45. The zero-order chi connectivity index (χ0) is 12.3. The lowest BCUT2D eigenvalue weighted by Gasteiger charge is -2.26. The third kappa shape index (κ3) is 3.28. The smallest absolute Gasteiger partial charge is 0.105 e. The minimum Gasteiger partial charge on any atom is -0.386 e. The number of benzene rings is 1. The molecule has 0 aliphatic carbocycles. The molecule has 4 heteroatoms. The van der Waals surface area contributed by atoms with E-state index in [1.165, 1.54) is 5.56 Å². The molecule has 2 atom stereocenters. The van der Waals surface area contributed by atoms with Crippen LogP contribution in [0.2, 0.25) is 0 Å². The van der Waals surface area contributed by atoms with Gasteiger partial charge in [-0.2, -0.15) is 0 Å². The second-order valence-corrected chi connectivity index (χ2v) is 5.52. The maximum atomic E-state index is 10.3. The number of aliphatic hydroxyl groups is 1. The summed E-state index contributed by atoms with van der Waals surface area (Å²) < 4.78 is 6.47. The zero-order valence-electron chi connectivity index (χ0n) is 9.95. The molecule has 1 aromatic carbocycles. The van der Waals surface area contributed by atoms with Crippen molar-refractivity contribution in [2.45, 2.75) is 31.6 Å². The van der Waals surface area contributed by atoms with Crippen molar-refractivity contribution in [3.05, 3.63) is 34.3 Å². The van der Waals surface area contributed by atoms with Gasteiger partial charge in [-0.25, -0.2) is 0 Å². The summed E-state index contributed by atoms with van der Waals surface area (Å²) in [6.07, 6.45) is 0.622. The second kappa shape index (κ2) is 5.48. The SMILES string of the molecule is CC1OCCC1(O)CNCc1cccc(Br)c1. The van der Waals surface area contributed by atoms with E-state index in [2.05, 4.69) is 33.4 Å². The van der Waals surface area contributed by atoms with Gasteiger partial charge in [-0.1, -0.05) is 28.1 Å². The molecular weight excluding hydrogens is 282 g/mol. The monoisotopic (exact) mass is 299 g/mol. The van der Waals surface area contributed by atoms with Crippen molar-refractivity contribution >= 4 is 15.9 Å². The van der Waals surface area contributed by atoms with Crippen molar-refractivity contribution in [2.75, 3.05) is 13.2 Å². The van der Waals surface area contributed by atoms with Crippen LogP contribution in [-0.2, 0) is 11.3 Å². The van der Waals surface area contributed by atoms with E-state index in [0.29, 0.717) is 19.6 Å². The number of halogens is 1. The first kappa shape index (κ1) is 13.0. The van der Waals surface area contributed by atoms with Gasteiger partial charge in [0, 0.05) is 30.6 Å². The van der Waals surface area contributed by atoms with E-state index in [4.69, 9.17) is 4.74 Å². The summed E-state index contributed by atoms with van der Waals surface area (Å²) in [6.45, 7) is 3.90. The Morgan fingerprint density at radius 2 is 2.41 bits per heavy atom. The molecule has 1 aromatic rings. The maximum absolute atomic E-state index is 10.3. The molecule has 0 spiro atoms. The highest BCUT2D eigenvalue weighted by atomic mass is 79.9. The fourth-order valence-corrected chi connectivity index (χ4v) is 2.52. The topological polar surface area (TPSA) is 41.5 Å². The maximum Gasteiger partial charge on any atom is 0.105 e. The quantitative estimate of drug-likeness (QED) is 0.894. The standard InChI is InChI=1S/C13H18BrNO2/c1-10-13(16,5-6-17-10)9-15-8-11-3-2-4-12(14)7-11/h2-4,7,10,15-16H,5-6,8-9H2,1H3. The van der Waals surface area contributed by atoms with Crippen LogP contribution >= 0.6 is 15.9 Å². The largest absolute Gasteiger partial charge is 0.386 e. The lowest BCUT2D eigenvalue weighted by atomic mass is 9.96. The van der Waals surface area contributed by atoms with Crippen LogP contribution in [0.4, 0.5) is 0 Å². The Kier molecular flexibility index (Phi) is 4.20. The second-order valence-electron chi connectivity index (χ2n) is 4.60. The van der Waals surface area contributed by atoms with Crippen LogP contribution in [0, 0.1) is 0 Å². The average molecular weight is 300 g/mol. The van der Waals surface area contributed by atoms with E-state index in [1.807, 2.05) is 19.1 Å². The molecule has 0 saturated carbocycles. The zero-order valence-corrected chi connectivity index (χ0v) is 11.5. The molecule has 0 aromatic heterocycles. The summed E-state index contributed by atoms with van der Waals surface area (Å²) in [4.78, 5) is 0. The van der Waals surface area contributed by atoms with Gasteiger partial charge in [0.15, 0.2) is 0 Å². The van der Waals surface area contributed by atoms with E-state index in [-0.39, 0.29) is 6.10 Å². The van der Waals surface area contributed by atoms with Crippen LogP contribution < -0.4 is 5.32 Å². The number of rotatable bonds is 4. The molecule has 94 valence electrons. The summed E-state index contributed by atoms with van der Waals surface area (Å²) >= 11 is 3.44. The predicted octanol–water partition coefficient (Wildman–Crippen LogP) is 2.08. The van der Waals surface area contributed by atoms with Crippen molar-refractivity contribution in [3.8, 4) is 0 Å². The van der Waals surface area contributed by atoms with Crippen LogP contribution in [0.3, 0.4) is 0 Å². The summed E-state index contributed by atoms with van der Waals surface area (Å²) in [6, 6.07) is 8.16. The lowest BCUT2D eigenvalue weighted by molar-refractivity contribution is -0.0262. The van der Waals surface area contributed by atoms with E-state index in [1.54, 1.807) is 0 Å². The number of ether oxygens (including phenoxy) is 1. The first-order chi connectivity index (χ1) is 8.10. The summed E-state index contributed by atoms with van der Waals surface area (Å²) in [5.41, 5.74) is 0.487. The van der Waals surface area contributed by atoms with Crippen LogP contribution in [0.25, 0.3) is 0 Å². The molecular formula is C13H18BrNO2. The Balaban J connectivity index is 1.83. The molecule has 1 aliphatic rings. The first-order valence-electron chi connectivity index (χ1n) is 5.89. The van der Waals surface area contributed by atoms with Crippen molar-refractivity contribution < 1.29 is 9.84 Å². The molecule has 3 nitrogen and oxygen atoms in total. The summed E-state index contributed by atoms with van der Waals surface area (Å²) in [5.74, 6) is 0. The van der Waals surface area contributed by atoms with Crippen LogP contribution in [0.15, 0.2) is 28.7 Å². The normalized spacial score (nSPS) is 28.5. The van der Waals surface area contributed by atoms with Crippen LogP contribution in [-0.4, -0.2) is 30.0 Å². The van der Waals surface area contributed by atoms with Crippen molar-refractivity contribution in [3.63, 3.8) is 0 Å². The van der Waals surface area contributed by atoms with Gasteiger partial charge in [0.2, 0.25) is 0 Å². The molecule has 1 heterocycles. The molecule has 1 saturated heterocycles. The van der Waals surface area contributed by atoms with Crippen molar-refractivity contribution in [2.24, 2.45) is 0 Å². The van der Waals surface area contributed by atoms with Crippen LogP contribution in [0.1, 0.15) is 18.9 Å². The van der Waals surface area contributed by atoms with Gasteiger partial charge in [-0.05, 0) is 24.6 Å². The van der Waals surface area contributed by atoms with Crippen molar-refractivity contribution in [1.29, 1.82) is 0 Å². The Bertz CT molecular complexity index is 385. The Morgan fingerprint density at radius 1 is 1.59 bits per heavy atom. The van der Waals surface area contributed by atoms with E-state index in [0.717, 1.165) is 11.0 Å². The Morgan fingerprint density at radius 3 is 3.06 bits per heavy atom.